The Kier molecular flexibility index (Phi) is 1.33. The van der Waals surface area contributed by atoms with Crippen LogP contribution in [0.5, 0.6) is 0 Å². The highest BCUT2D eigenvalue weighted by Crippen LogP contribution is 2.23. The summed E-state index contributed by atoms with van der Waals surface area (Å²) in [6.07, 6.45) is 8.00. The minimum Gasteiger partial charge on any atom is -0.282 e. The second-order valence-corrected chi connectivity index (χ2v) is 3.85. The standard InChI is InChI=1S/C7H5NO3S/c9-12(10,11)7-3-5-8-4-1-2-6(7)8/h1-5H/p+1. The lowest BCUT2D eigenvalue weighted by atomic mass is 10.4. The van der Waals surface area contributed by atoms with Crippen LogP contribution in [0.25, 0.3) is 0 Å². The van der Waals surface area contributed by atoms with Crippen molar-refractivity contribution >= 4 is 16.3 Å². The molecule has 12 heavy (non-hydrogen) atoms. The van der Waals surface area contributed by atoms with E-state index in [2.05, 4.69) is 0 Å². The van der Waals surface area contributed by atoms with Crippen molar-refractivity contribution in [2.75, 3.05) is 0 Å². The molecule has 5 heteroatoms. The highest BCUT2D eigenvalue weighted by Gasteiger charge is 2.32. The van der Waals surface area contributed by atoms with Gasteiger partial charge in [0.25, 0.3) is 0 Å². The van der Waals surface area contributed by atoms with Crippen LogP contribution in [0, 0.1) is 0 Å². The van der Waals surface area contributed by atoms with Gasteiger partial charge in [0.2, 0.25) is 5.70 Å². The monoisotopic (exact) mass is 184 g/mol. The molecule has 0 fully saturated rings. The van der Waals surface area contributed by atoms with Gasteiger partial charge < -0.3 is 0 Å². The van der Waals surface area contributed by atoms with Crippen LogP contribution in [0.2, 0.25) is 0 Å². The summed E-state index contributed by atoms with van der Waals surface area (Å²) in [4.78, 5) is -0.0486. The van der Waals surface area contributed by atoms with E-state index in [4.69, 9.17) is 4.55 Å². The molecule has 0 bridgehead atoms. The Morgan fingerprint density at radius 2 is 2.08 bits per heavy atom. The molecule has 2 aliphatic rings. The number of nitrogens with zero attached hydrogens (tertiary/aromatic N) is 1. The van der Waals surface area contributed by atoms with Gasteiger partial charge in [-0.25, -0.2) is 0 Å². The predicted molar refractivity (Wildman–Crippen MR) is 43.2 cm³/mol. The summed E-state index contributed by atoms with van der Waals surface area (Å²) in [5, 5.41) is 0. The Bertz CT molecular complexity index is 451. The zero-order valence-electron chi connectivity index (χ0n) is 6.01. The second kappa shape index (κ2) is 2.15. The molecule has 62 valence electrons. The summed E-state index contributed by atoms with van der Waals surface area (Å²) >= 11 is 0. The molecule has 0 aromatic rings. The zero-order chi connectivity index (χ0) is 8.77. The molecule has 0 saturated heterocycles. The van der Waals surface area contributed by atoms with Gasteiger partial charge in [0, 0.05) is 18.2 Å². The molecule has 0 atom stereocenters. The molecule has 1 N–H and O–H groups in total. The number of rotatable bonds is 1. The van der Waals surface area contributed by atoms with Crippen molar-refractivity contribution in [1.82, 2.24) is 0 Å². The Labute approximate surface area is 69.6 Å². The van der Waals surface area contributed by atoms with Crippen molar-refractivity contribution in [1.29, 1.82) is 0 Å². The molecule has 0 amide bonds. The topological polar surface area (TPSA) is 57.4 Å². The van der Waals surface area contributed by atoms with Crippen LogP contribution in [0.15, 0.2) is 35.0 Å². The quantitative estimate of drug-likeness (QED) is 0.470. The molecule has 2 aliphatic heterocycles. The van der Waals surface area contributed by atoms with Crippen molar-refractivity contribution in [2.24, 2.45) is 0 Å². The Morgan fingerprint density at radius 1 is 1.33 bits per heavy atom. The van der Waals surface area contributed by atoms with Crippen LogP contribution >= 0.6 is 0 Å². The second-order valence-electron chi connectivity index (χ2n) is 2.46. The fraction of sp³-hybridized carbons (Fsp3) is 0. The SMILES string of the molecule is O=S(=O)(O)C1=CC=[N+]2C=CC=C12. The molecule has 0 aromatic heterocycles. The lowest BCUT2D eigenvalue weighted by Crippen LogP contribution is -2.05. The van der Waals surface area contributed by atoms with Gasteiger partial charge in [0.15, 0.2) is 17.3 Å². The van der Waals surface area contributed by atoms with Crippen LogP contribution in [0.3, 0.4) is 0 Å². The fourth-order valence-corrected chi connectivity index (χ4v) is 1.85. The first-order chi connectivity index (χ1) is 5.59. The average Bonchev–Trinajstić information content (AvgIpc) is 2.37. The van der Waals surface area contributed by atoms with Gasteiger partial charge in [-0.05, 0) is 0 Å². The van der Waals surface area contributed by atoms with E-state index in [1.807, 2.05) is 0 Å². The van der Waals surface area contributed by atoms with Crippen molar-refractivity contribution in [3.05, 3.63) is 35.0 Å². The Balaban J connectivity index is 2.51. The summed E-state index contributed by atoms with van der Waals surface area (Å²) in [6.45, 7) is 0. The highest BCUT2D eigenvalue weighted by atomic mass is 32.2. The predicted octanol–water partition coefficient (Wildman–Crippen LogP) is 0.266. The van der Waals surface area contributed by atoms with Crippen LogP contribution in [-0.2, 0) is 10.1 Å². The number of hydrogen-bond donors (Lipinski definition) is 1. The minimum atomic E-state index is -4.08. The van der Waals surface area contributed by atoms with E-state index >= 15 is 0 Å². The minimum absolute atomic E-state index is 0.0486. The van der Waals surface area contributed by atoms with E-state index < -0.39 is 10.1 Å². The van der Waals surface area contributed by atoms with Crippen molar-refractivity contribution < 1.29 is 17.5 Å². The maximum atomic E-state index is 10.7. The first-order valence-electron chi connectivity index (χ1n) is 3.29. The van der Waals surface area contributed by atoms with E-state index in [0.717, 1.165) is 0 Å². The number of hydrogen-bond acceptors (Lipinski definition) is 2. The smallest absolute Gasteiger partial charge is 0.282 e. The largest absolute Gasteiger partial charge is 0.301 e. The molecule has 4 nitrogen and oxygen atoms in total. The van der Waals surface area contributed by atoms with Crippen LogP contribution in [0.1, 0.15) is 0 Å². The van der Waals surface area contributed by atoms with Gasteiger partial charge in [-0.15, -0.1) is 0 Å². The molecule has 0 aromatic carbocycles. The Morgan fingerprint density at radius 3 is 2.75 bits per heavy atom. The number of fused-ring (bicyclic) bond motifs is 1. The highest BCUT2D eigenvalue weighted by molar-refractivity contribution is 7.90. The zero-order valence-corrected chi connectivity index (χ0v) is 6.82. The van der Waals surface area contributed by atoms with Crippen LogP contribution < -0.4 is 0 Å². The van der Waals surface area contributed by atoms with Crippen LogP contribution in [-0.4, -0.2) is 23.8 Å². The molecule has 0 spiro atoms. The normalized spacial score (nSPS) is 20.2. The maximum absolute atomic E-state index is 10.7. The van der Waals surface area contributed by atoms with E-state index in [0.29, 0.717) is 5.70 Å². The molecule has 2 rings (SSSR count). The van der Waals surface area contributed by atoms with Gasteiger partial charge in [0.1, 0.15) is 0 Å². The first-order valence-corrected chi connectivity index (χ1v) is 4.73. The van der Waals surface area contributed by atoms with Gasteiger partial charge >= 0.3 is 10.1 Å². The van der Waals surface area contributed by atoms with Crippen LogP contribution in [0.4, 0.5) is 0 Å². The van der Waals surface area contributed by atoms with E-state index in [1.54, 1.807) is 29.1 Å². The lowest BCUT2D eigenvalue weighted by Gasteiger charge is -1.93. The van der Waals surface area contributed by atoms with E-state index in [9.17, 15) is 8.42 Å². The summed E-state index contributed by atoms with van der Waals surface area (Å²) < 4.78 is 31.9. The third kappa shape index (κ3) is 0.945. The maximum Gasteiger partial charge on any atom is 0.301 e. The van der Waals surface area contributed by atoms with Gasteiger partial charge in [-0.1, -0.05) is 0 Å². The average molecular weight is 184 g/mol. The molecule has 2 heterocycles. The summed E-state index contributed by atoms with van der Waals surface area (Å²) in [7, 11) is -4.08. The molecule has 0 saturated carbocycles. The van der Waals surface area contributed by atoms with Crippen molar-refractivity contribution in [3.8, 4) is 0 Å². The third-order valence-corrected chi connectivity index (χ3v) is 2.60. The van der Waals surface area contributed by atoms with E-state index in [-0.39, 0.29) is 4.91 Å². The molecular formula is C7H6NO3S+. The van der Waals surface area contributed by atoms with Gasteiger partial charge in [-0.2, -0.15) is 13.0 Å². The number of allylic oxidation sites excluding steroid dienone is 3. The summed E-state index contributed by atoms with van der Waals surface area (Å²) in [5.74, 6) is 0. The van der Waals surface area contributed by atoms with E-state index in [1.165, 1.54) is 6.08 Å². The van der Waals surface area contributed by atoms with Crippen molar-refractivity contribution in [3.63, 3.8) is 0 Å². The third-order valence-electron chi connectivity index (χ3n) is 1.70. The summed E-state index contributed by atoms with van der Waals surface area (Å²) in [5.41, 5.74) is 0.498. The van der Waals surface area contributed by atoms with Crippen molar-refractivity contribution in [2.45, 2.75) is 0 Å². The lowest BCUT2D eigenvalue weighted by molar-refractivity contribution is -0.381. The molecular weight excluding hydrogens is 178 g/mol. The molecule has 0 radical (unpaired) electrons. The fourth-order valence-electron chi connectivity index (χ4n) is 1.18. The van der Waals surface area contributed by atoms with Gasteiger partial charge in [0.05, 0.1) is 0 Å². The summed E-state index contributed by atoms with van der Waals surface area (Å²) in [6, 6.07) is 0. The van der Waals surface area contributed by atoms with Gasteiger partial charge in [-0.3, -0.25) is 4.55 Å². The Hall–Kier alpha value is -1.20. The first kappa shape index (κ1) is 7.45. The molecule has 0 aliphatic carbocycles. The molecule has 0 unspecified atom stereocenters.